The highest BCUT2D eigenvalue weighted by Gasteiger charge is 2.24. The second kappa shape index (κ2) is 4.60. The molecule has 0 aromatic heterocycles. The van der Waals surface area contributed by atoms with Gasteiger partial charge in [0.05, 0.1) is 12.0 Å². The molecule has 0 amide bonds. The predicted octanol–water partition coefficient (Wildman–Crippen LogP) is 1.29. The molecule has 17 heavy (non-hydrogen) atoms. The number of Topliss-reactive ketones (excluding diaryl/α,β-unsaturated/α-hetero) is 1. The molecule has 90 valence electrons. The number of nitro benzene ring substituents is 1. The minimum atomic E-state index is -0.950. The lowest BCUT2D eigenvalue weighted by atomic mass is 10.1. The van der Waals surface area contributed by atoms with Gasteiger partial charge in [-0.15, -0.1) is 0 Å². The van der Waals surface area contributed by atoms with Crippen molar-refractivity contribution in [3.05, 3.63) is 33.4 Å². The van der Waals surface area contributed by atoms with Crippen molar-refractivity contribution >= 4 is 17.4 Å². The molecule has 0 bridgehead atoms. The van der Waals surface area contributed by atoms with Gasteiger partial charge in [0.1, 0.15) is 5.56 Å². The third kappa shape index (κ3) is 2.39. The van der Waals surface area contributed by atoms with Crippen LogP contribution in [0.15, 0.2) is 12.1 Å². The van der Waals surface area contributed by atoms with Crippen molar-refractivity contribution in [3.63, 3.8) is 0 Å². The number of carbonyl (C=O) groups is 2. The number of aromatic hydroxyl groups is 1. The third-order valence-corrected chi connectivity index (χ3v) is 2.10. The zero-order valence-corrected chi connectivity index (χ0v) is 9.09. The molecule has 0 aliphatic carbocycles. The average Bonchev–Trinajstić information content (AvgIpc) is 2.27. The van der Waals surface area contributed by atoms with Crippen molar-refractivity contribution in [1.82, 2.24) is 0 Å². The summed E-state index contributed by atoms with van der Waals surface area (Å²) in [6.45, 7) is 1.19. The molecule has 1 N–H and O–H groups in total. The Morgan fingerprint density at radius 3 is 2.41 bits per heavy atom. The van der Waals surface area contributed by atoms with Crippen LogP contribution in [-0.2, 0) is 4.74 Å². The molecule has 0 aliphatic heterocycles. The minimum absolute atomic E-state index is 0.0464. The summed E-state index contributed by atoms with van der Waals surface area (Å²) >= 11 is 0. The first-order valence-electron chi connectivity index (χ1n) is 4.49. The number of rotatable bonds is 3. The Bertz CT molecular complexity index is 508. The lowest BCUT2D eigenvalue weighted by Crippen LogP contribution is -2.06. The van der Waals surface area contributed by atoms with Gasteiger partial charge in [-0.2, -0.15) is 0 Å². The zero-order valence-electron chi connectivity index (χ0n) is 9.09. The summed E-state index contributed by atoms with van der Waals surface area (Å²) in [4.78, 5) is 32.2. The number of methoxy groups -OCH3 is 1. The Hall–Kier alpha value is -2.44. The van der Waals surface area contributed by atoms with Crippen LogP contribution in [0, 0.1) is 10.1 Å². The molecule has 7 heteroatoms. The van der Waals surface area contributed by atoms with Crippen molar-refractivity contribution in [1.29, 1.82) is 0 Å². The van der Waals surface area contributed by atoms with Crippen LogP contribution in [0.25, 0.3) is 0 Å². The number of benzene rings is 1. The molecule has 0 aliphatic rings. The topological polar surface area (TPSA) is 107 Å². The van der Waals surface area contributed by atoms with E-state index in [0.29, 0.717) is 0 Å². The molecule has 0 fully saturated rings. The minimum Gasteiger partial charge on any atom is -0.501 e. The van der Waals surface area contributed by atoms with Gasteiger partial charge in [0.25, 0.3) is 0 Å². The normalized spacial score (nSPS) is 9.76. The number of ketones is 1. The smallest absolute Gasteiger partial charge is 0.341 e. The first-order valence-corrected chi connectivity index (χ1v) is 4.49. The summed E-state index contributed by atoms with van der Waals surface area (Å²) in [5.41, 5.74) is -1.17. The van der Waals surface area contributed by atoms with E-state index in [0.717, 1.165) is 19.2 Å². The van der Waals surface area contributed by atoms with Gasteiger partial charge in [0, 0.05) is 11.6 Å². The number of hydrogen-bond donors (Lipinski definition) is 1. The molecule has 1 aromatic rings. The molecule has 0 heterocycles. The summed E-state index contributed by atoms with van der Waals surface area (Å²) in [6, 6.07) is 1.96. The molecule has 0 radical (unpaired) electrons. The third-order valence-electron chi connectivity index (χ3n) is 2.10. The average molecular weight is 239 g/mol. The first kappa shape index (κ1) is 12.6. The summed E-state index contributed by atoms with van der Waals surface area (Å²) < 4.78 is 4.35. The Labute approximate surface area is 95.8 Å². The van der Waals surface area contributed by atoms with Crippen LogP contribution in [0.5, 0.6) is 5.75 Å². The Morgan fingerprint density at radius 1 is 1.41 bits per heavy atom. The van der Waals surface area contributed by atoms with Gasteiger partial charge in [-0.05, 0) is 13.0 Å². The van der Waals surface area contributed by atoms with E-state index >= 15 is 0 Å². The van der Waals surface area contributed by atoms with Gasteiger partial charge < -0.3 is 9.84 Å². The maximum atomic E-state index is 11.3. The van der Waals surface area contributed by atoms with E-state index in [2.05, 4.69) is 4.74 Å². The number of ether oxygens (including phenoxy) is 1. The fraction of sp³-hybridized carbons (Fsp3) is 0.200. The van der Waals surface area contributed by atoms with Crippen LogP contribution >= 0.6 is 0 Å². The molecular weight excluding hydrogens is 230 g/mol. The van der Waals surface area contributed by atoms with E-state index in [-0.39, 0.29) is 5.56 Å². The quantitative estimate of drug-likeness (QED) is 0.368. The van der Waals surface area contributed by atoms with Gasteiger partial charge in [0.15, 0.2) is 5.78 Å². The summed E-state index contributed by atoms with van der Waals surface area (Å²) in [5.74, 6) is -2.22. The molecule has 0 atom stereocenters. The second-order valence-corrected chi connectivity index (χ2v) is 3.20. The number of nitro groups is 1. The molecule has 0 spiro atoms. The zero-order chi connectivity index (χ0) is 13.2. The van der Waals surface area contributed by atoms with E-state index in [1.54, 1.807) is 0 Å². The van der Waals surface area contributed by atoms with Gasteiger partial charge in [-0.3, -0.25) is 14.9 Å². The largest absolute Gasteiger partial charge is 0.501 e. The lowest BCUT2D eigenvalue weighted by molar-refractivity contribution is -0.385. The van der Waals surface area contributed by atoms with Crippen LogP contribution in [0.4, 0.5) is 5.69 Å². The van der Waals surface area contributed by atoms with Crippen LogP contribution in [0.1, 0.15) is 27.6 Å². The summed E-state index contributed by atoms with van der Waals surface area (Å²) in [7, 11) is 1.06. The molecule has 0 unspecified atom stereocenters. The van der Waals surface area contributed by atoms with Crippen LogP contribution in [0.3, 0.4) is 0 Å². The van der Waals surface area contributed by atoms with Gasteiger partial charge in [0.2, 0.25) is 5.75 Å². The fourth-order valence-corrected chi connectivity index (χ4v) is 1.23. The molecular formula is C10H9NO6. The number of hydrogen-bond acceptors (Lipinski definition) is 6. The van der Waals surface area contributed by atoms with E-state index in [4.69, 9.17) is 0 Å². The van der Waals surface area contributed by atoms with Crippen molar-refractivity contribution in [2.75, 3.05) is 7.11 Å². The number of esters is 1. The molecule has 7 nitrogen and oxygen atoms in total. The maximum absolute atomic E-state index is 11.3. The van der Waals surface area contributed by atoms with Crippen LogP contribution in [-0.4, -0.2) is 28.9 Å². The number of phenolic OH excluding ortho intramolecular Hbond substituents is 1. The Kier molecular flexibility index (Phi) is 3.42. The van der Waals surface area contributed by atoms with E-state index in [1.807, 2.05) is 0 Å². The highest BCUT2D eigenvalue weighted by atomic mass is 16.6. The van der Waals surface area contributed by atoms with Crippen molar-refractivity contribution in [3.8, 4) is 5.75 Å². The number of nitrogens with zero attached hydrogens (tertiary/aromatic N) is 1. The maximum Gasteiger partial charge on any atom is 0.341 e. The van der Waals surface area contributed by atoms with E-state index in [1.165, 1.54) is 6.92 Å². The summed E-state index contributed by atoms with van der Waals surface area (Å²) in [6.07, 6.45) is 0. The van der Waals surface area contributed by atoms with Crippen molar-refractivity contribution < 1.29 is 24.4 Å². The van der Waals surface area contributed by atoms with E-state index < -0.39 is 33.7 Å². The van der Waals surface area contributed by atoms with Crippen LogP contribution < -0.4 is 0 Å². The Morgan fingerprint density at radius 2 is 2.00 bits per heavy atom. The molecule has 1 aromatic carbocycles. The molecule has 0 saturated heterocycles. The van der Waals surface area contributed by atoms with Crippen molar-refractivity contribution in [2.24, 2.45) is 0 Å². The Balaban J connectivity index is 3.54. The fourth-order valence-electron chi connectivity index (χ4n) is 1.23. The summed E-state index contributed by atoms with van der Waals surface area (Å²) in [5, 5.41) is 20.2. The number of phenols is 1. The van der Waals surface area contributed by atoms with Gasteiger partial charge >= 0.3 is 11.7 Å². The van der Waals surface area contributed by atoms with Crippen LogP contribution in [0.2, 0.25) is 0 Å². The highest BCUT2D eigenvalue weighted by molar-refractivity contribution is 6.00. The first-order chi connectivity index (χ1) is 7.88. The number of carbonyl (C=O) groups excluding carboxylic acids is 2. The molecule has 0 saturated carbocycles. The van der Waals surface area contributed by atoms with Gasteiger partial charge in [-0.25, -0.2) is 4.79 Å². The standard InChI is InChI=1S/C10H9NO6/c1-5(12)6-3-7(10(14)17-2)9(13)8(4-6)11(15)16/h3-4,13H,1-2H3. The van der Waals surface area contributed by atoms with Crippen molar-refractivity contribution in [2.45, 2.75) is 6.92 Å². The second-order valence-electron chi connectivity index (χ2n) is 3.20. The van der Waals surface area contributed by atoms with E-state index in [9.17, 15) is 24.8 Å². The molecule has 1 rings (SSSR count). The SMILES string of the molecule is COC(=O)c1cc(C(C)=O)cc([N+](=O)[O-])c1O. The highest BCUT2D eigenvalue weighted by Crippen LogP contribution is 2.31. The lowest BCUT2D eigenvalue weighted by Gasteiger charge is -2.05. The predicted molar refractivity (Wildman–Crippen MR) is 56.1 cm³/mol. The monoisotopic (exact) mass is 239 g/mol. The van der Waals surface area contributed by atoms with Gasteiger partial charge in [-0.1, -0.05) is 0 Å².